The van der Waals surface area contributed by atoms with Gasteiger partial charge < -0.3 is 15.2 Å². The Morgan fingerprint density at radius 1 is 1.27 bits per heavy atom. The van der Waals surface area contributed by atoms with E-state index in [9.17, 15) is 14.7 Å². The number of hydrogen-bond acceptors (Lipinski definition) is 5. The van der Waals surface area contributed by atoms with Crippen LogP contribution in [0, 0.1) is 0 Å². The Balaban J connectivity index is 2.34. The number of rotatable bonds is 3. The van der Waals surface area contributed by atoms with Gasteiger partial charge in [-0.25, -0.2) is 4.79 Å². The molecule has 0 radical (unpaired) electrons. The van der Waals surface area contributed by atoms with Crippen molar-refractivity contribution in [3.63, 3.8) is 0 Å². The van der Waals surface area contributed by atoms with Crippen LogP contribution in [0.3, 0.4) is 0 Å². The normalized spacial score (nSPS) is 16.3. The number of Topliss-reactive ketones (excluding diaryl/α,β-unsaturated/α-hetero) is 1. The highest BCUT2D eigenvalue weighted by molar-refractivity contribution is 5.97. The third-order valence-corrected chi connectivity index (χ3v) is 4.16. The fraction of sp³-hybridized carbons (Fsp3) is 0.429. The highest BCUT2D eigenvalue weighted by Crippen LogP contribution is 2.29. The van der Waals surface area contributed by atoms with Crippen molar-refractivity contribution in [1.29, 1.82) is 0 Å². The molecule has 2 rings (SSSR count). The summed E-state index contributed by atoms with van der Waals surface area (Å²) in [7, 11) is 0. The van der Waals surface area contributed by atoms with Gasteiger partial charge in [0.25, 0.3) is 0 Å². The molecule has 1 aliphatic heterocycles. The van der Waals surface area contributed by atoms with Crippen molar-refractivity contribution in [3.05, 3.63) is 41.0 Å². The number of aromatic hydroxyl groups is 1. The van der Waals surface area contributed by atoms with Gasteiger partial charge >= 0.3 is 5.97 Å². The predicted molar refractivity (Wildman–Crippen MR) is 103 cm³/mol. The molecule has 0 fully saturated rings. The highest BCUT2D eigenvalue weighted by atomic mass is 16.5. The fourth-order valence-corrected chi connectivity index (χ4v) is 2.70. The Kier molecular flexibility index (Phi) is 7.45. The van der Waals surface area contributed by atoms with E-state index < -0.39 is 5.97 Å². The van der Waals surface area contributed by atoms with Crippen LogP contribution in [0.4, 0.5) is 5.69 Å². The number of benzene rings is 1. The first kappa shape index (κ1) is 19.8. The van der Waals surface area contributed by atoms with Crippen LogP contribution in [0.15, 0.2) is 29.9 Å². The molecule has 0 amide bonds. The standard InChI is InChI=1S/C21H27NO4/c1-3-11-22-17-12-16-7-5-4-6-8-18(23)10-9-15(2)14-26-21(25)20(16)19(24)13-17/h5,7,9,12-13,22,24H,3-4,6,8,10-11,14H2,1-2H3. The molecule has 0 aliphatic carbocycles. The average molecular weight is 357 g/mol. The van der Waals surface area contributed by atoms with Gasteiger partial charge in [0.15, 0.2) is 0 Å². The second-order valence-corrected chi connectivity index (χ2v) is 6.55. The molecule has 0 saturated heterocycles. The Morgan fingerprint density at radius 2 is 2.08 bits per heavy atom. The van der Waals surface area contributed by atoms with Crippen molar-refractivity contribution in [2.75, 3.05) is 18.5 Å². The molecule has 0 unspecified atom stereocenters. The lowest BCUT2D eigenvalue weighted by Crippen LogP contribution is -2.10. The maximum Gasteiger partial charge on any atom is 0.342 e. The number of nitrogens with one attached hydrogen (secondary N) is 1. The van der Waals surface area contributed by atoms with Crippen molar-refractivity contribution < 1.29 is 19.4 Å². The first-order valence-electron chi connectivity index (χ1n) is 9.13. The summed E-state index contributed by atoms with van der Waals surface area (Å²) < 4.78 is 5.33. The lowest BCUT2D eigenvalue weighted by molar-refractivity contribution is -0.118. The van der Waals surface area contributed by atoms with Crippen molar-refractivity contribution in [1.82, 2.24) is 0 Å². The summed E-state index contributed by atoms with van der Waals surface area (Å²) in [5, 5.41) is 13.6. The second-order valence-electron chi connectivity index (χ2n) is 6.55. The molecule has 0 aromatic heterocycles. The van der Waals surface area contributed by atoms with E-state index in [1.165, 1.54) is 0 Å². The maximum absolute atomic E-state index is 12.5. The largest absolute Gasteiger partial charge is 0.507 e. The molecule has 1 aliphatic rings. The number of ether oxygens (including phenoxy) is 1. The molecule has 1 aromatic rings. The minimum absolute atomic E-state index is 0.0975. The van der Waals surface area contributed by atoms with Gasteiger partial charge in [-0.1, -0.05) is 25.2 Å². The van der Waals surface area contributed by atoms with Crippen molar-refractivity contribution in [2.45, 2.75) is 46.0 Å². The fourth-order valence-electron chi connectivity index (χ4n) is 2.70. The molecule has 5 heteroatoms. The summed E-state index contributed by atoms with van der Waals surface area (Å²) in [6.45, 7) is 4.76. The van der Waals surface area contributed by atoms with Crippen LogP contribution in [0.5, 0.6) is 5.75 Å². The van der Waals surface area contributed by atoms with Crippen LogP contribution in [-0.2, 0) is 9.53 Å². The third-order valence-electron chi connectivity index (χ3n) is 4.16. The van der Waals surface area contributed by atoms with Crippen LogP contribution >= 0.6 is 0 Å². The summed E-state index contributed by atoms with van der Waals surface area (Å²) in [5.74, 6) is -0.481. The number of cyclic esters (lactones) is 1. The van der Waals surface area contributed by atoms with E-state index in [0.29, 0.717) is 18.4 Å². The number of carbonyl (C=O) groups excluding carboxylic acids is 2. The molecule has 1 heterocycles. The molecule has 0 atom stereocenters. The van der Waals surface area contributed by atoms with Crippen molar-refractivity contribution >= 4 is 23.5 Å². The smallest absolute Gasteiger partial charge is 0.342 e. The van der Waals surface area contributed by atoms with E-state index >= 15 is 0 Å². The van der Waals surface area contributed by atoms with E-state index in [0.717, 1.165) is 37.1 Å². The number of phenolic OH excluding ortho intramolecular Hbond substituents is 1. The molecule has 26 heavy (non-hydrogen) atoms. The van der Waals surface area contributed by atoms with Crippen LogP contribution in [-0.4, -0.2) is 30.0 Å². The summed E-state index contributed by atoms with van der Waals surface area (Å²) in [4.78, 5) is 24.3. The lowest BCUT2D eigenvalue weighted by atomic mass is 10.0. The predicted octanol–water partition coefficient (Wildman–Crippen LogP) is 4.47. The van der Waals surface area contributed by atoms with Crippen LogP contribution in [0.2, 0.25) is 0 Å². The Bertz CT molecular complexity index is 719. The number of fused-ring (bicyclic) bond motifs is 1. The van der Waals surface area contributed by atoms with E-state index in [2.05, 4.69) is 12.2 Å². The van der Waals surface area contributed by atoms with Crippen LogP contribution in [0.1, 0.15) is 61.9 Å². The minimum atomic E-state index is -0.569. The van der Waals surface area contributed by atoms with Gasteiger partial charge in [-0.15, -0.1) is 0 Å². The molecule has 140 valence electrons. The number of esters is 1. The van der Waals surface area contributed by atoms with Crippen molar-refractivity contribution in [2.24, 2.45) is 0 Å². The molecule has 2 N–H and O–H groups in total. The zero-order valence-electron chi connectivity index (χ0n) is 15.5. The SMILES string of the molecule is CCCNc1cc(O)c2c(c1)C=CCCCC(=O)CC=C(C)COC2=O. The number of ketones is 1. The Labute approximate surface area is 154 Å². The molecule has 0 saturated carbocycles. The first-order chi connectivity index (χ1) is 12.5. The van der Waals surface area contributed by atoms with E-state index in [1.807, 2.05) is 25.1 Å². The molecule has 0 bridgehead atoms. The molecule has 5 nitrogen and oxygen atoms in total. The van der Waals surface area contributed by atoms with Gasteiger partial charge in [-0.3, -0.25) is 4.79 Å². The maximum atomic E-state index is 12.5. The van der Waals surface area contributed by atoms with Crippen LogP contribution in [0.25, 0.3) is 6.08 Å². The first-order valence-corrected chi connectivity index (χ1v) is 9.13. The second kappa shape index (κ2) is 9.80. The molecule has 1 aromatic carbocycles. The van der Waals surface area contributed by atoms with Gasteiger partial charge in [0.1, 0.15) is 23.7 Å². The third kappa shape index (κ3) is 5.76. The number of hydrogen-bond donors (Lipinski definition) is 2. The molecule has 0 spiro atoms. The Hall–Kier alpha value is -2.56. The van der Waals surface area contributed by atoms with Crippen LogP contribution < -0.4 is 5.32 Å². The Morgan fingerprint density at radius 3 is 2.85 bits per heavy atom. The van der Waals surface area contributed by atoms with Crippen molar-refractivity contribution in [3.8, 4) is 5.75 Å². The zero-order valence-corrected chi connectivity index (χ0v) is 15.5. The lowest BCUT2D eigenvalue weighted by Gasteiger charge is -2.13. The van der Waals surface area contributed by atoms with E-state index in [4.69, 9.17) is 4.74 Å². The number of carbonyl (C=O) groups is 2. The summed E-state index contributed by atoms with van der Waals surface area (Å²) in [6.07, 6.45) is 8.89. The molecular weight excluding hydrogens is 330 g/mol. The quantitative estimate of drug-likeness (QED) is 0.616. The summed E-state index contributed by atoms with van der Waals surface area (Å²) in [5.41, 5.74) is 2.36. The number of allylic oxidation sites excluding steroid dienone is 2. The van der Waals surface area contributed by atoms with E-state index in [1.54, 1.807) is 12.1 Å². The molecular formula is C21H27NO4. The van der Waals surface area contributed by atoms with Gasteiger partial charge in [0.05, 0.1) is 0 Å². The van der Waals surface area contributed by atoms with Gasteiger partial charge in [0, 0.05) is 31.1 Å². The number of anilines is 1. The average Bonchev–Trinajstić information content (AvgIpc) is 2.61. The van der Waals surface area contributed by atoms with Gasteiger partial charge in [-0.2, -0.15) is 0 Å². The highest BCUT2D eigenvalue weighted by Gasteiger charge is 2.18. The number of phenols is 1. The van der Waals surface area contributed by atoms with E-state index in [-0.39, 0.29) is 23.7 Å². The monoisotopic (exact) mass is 357 g/mol. The topological polar surface area (TPSA) is 75.6 Å². The van der Waals surface area contributed by atoms with Gasteiger partial charge in [0.2, 0.25) is 0 Å². The summed E-state index contributed by atoms with van der Waals surface area (Å²) in [6, 6.07) is 3.39. The zero-order chi connectivity index (χ0) is 18.9. The summed E-state index contributed by atoms with van der Waals surface area (Å²) >= 11 is 0. The minimum Gasteiger partial charge on any atom is -0.507 e. The van der Waals surface area contributed by atoms with Gasteiger partial charge in [-0.05, 0) is 43.4 Å².